The van der Waals surface area contributed by atoms with Gasteiger partial charge in [-0.2, -0.15) is 5.10 Å². The lowest BCUT2D eigenvalue weighted by atomic mass is 10.1. The summed E-state index contributed by atoms with van der Waals surface area (Å²) in [6.45, 7) is -0.264. The van der Waals surface area contributed by atoms with E-state index in [9.17, 15) is 9.59 Å². The van der Waals surface area contributed by atoms with Crippen LogP contribution < -0.4 is 20.3 Å². The van der Waals surface area contributed by atoms with E-state index in [1.165, 1.54) is 19.2 Å². The number of amides is 1. The van der Waals surface area contributed by atoms with Crippen molar-refractivity contribution in [3.8, 4) is 22.8 Å². The summed E-state index contributed by atoms with van der Waals surface area (Å²) in [7, 11) is 3.08. The molecule has 1 N–H and O–H groups in total. The first-order valence-corrected chi connectivity index (χ1v) is 9.22. The van der Waals surface area contributed by atoms with Crippen LogP contribution in [0.3, 0.4) is 0 Å². The first-order valence-electron chi connectivity index (χ1n) is 8.46. The molecule has 0 saturated carbocycles. The number of anilines is 1. The summed E-state index contributed by atoms with van der Waals surface area (Å²) >= 11 is 11.8. The number of rotatable bonds is 6. The molecule has 7 nitrogen and oxygen atoms in total. The third-order valence-corrected chi connectivity index (χ3v) is 4.78. The zero-order valence-electron chi connectivity index (χ0n) is 15.6. The average molecular weight is 434 g/mol. The van der Waals surface area contributed by atoms with E-state index in [0.717, 1.165) is 4.68 Å². The highest BCUT2D eigenvalue weighted by Gasteiger charge is 2.11. The molecular formula is C20H17Cl2N3O4. The van der Waals surface area contributed by atoms with Crippen LogP contribution in [-0.4, -0.2) is 29.9 Å². The van der Waals surface area contributed by atoms with E-state index in [-0.39, 0.29) is 6.54 Å². The zero-order valence-corrected chi connectivity index (χ0v) is 17.1. The van der Waals surface area contributed by atoms with Gasteiger partial charge in [-0.3, -0.25) is 9.59 Å². The van der Waals surface area contributed by atoms with Gasteiger partial charge in [0.1, 0.15) is 6.54 Å². The van der Waals surface area contributed by atoms with Gasteiger partial charge in [0.15, 0.2) is 11.5 Å². The number of methoxy groups -OCH3 is 2. The van der Waals surface area contributed by atoms with Crippen molar-refractivity contribution >= 4 is 34.8 Å². The maximum absolute atomic E-state index is 12.3. The standard InChI is InChI=1S/C20H17Cl2N3O4/c1-28-17-7-3-12(9-18(17)29-2)16-6-8-20(27)25(24-16)11-19(26)23-13-4-5-14(21)15(22)10-13/h3-10H,11H2,1-2H3,(H,23,26). The summed E-state index contributed by atoms with van der Waals surface area (Å²) in [5.74, 6) is 0.676. The van der Waals surface area contributed by atoms with Gasteiger partial charge in [0.25, 0.3) is 5.56 Å². The van der Waals surface area contributed by atoms with Crippen LogP contribution >= 0.6 is 23.2 Å². The van der Waals surface area contributed by atoms with Crippen molar-refractivity contribution in [1.29, 1.82) is 0 Å². The minimum absolute atomic E-state index is 0.264. The van der Waals surface area contributed by atoms with Gasteiger partial charge in [-0.25, -0.2) is 4.68 Å². The van der Waals surface area contributed by atoms with Gasteiger partial charge in [-0.05, 0) is 42.5 Å². The lowest BCUT2D eigenvalue weighted by molar-refractivity contribution is -0.117. The molecule has 2 aromatic carbocycles. The first kappa shape index (κ1) is 20.7. The number of ether oxygens (including phenoxy) is 2. The molecule has 0 spiro atoms. The molecule has 1 amide bonds. The summed E-state index contributed by atoms with van der Waals surface area (Å²) in [6, 6.07) is 12.9. The Kier molecular flexibility index (Phi) is 6.41. The zero-order chi connectivity index (χ0) is 21.0. The number of halogens is 2. The van der Waals surface area contributed by atoms with E-state index < -0.39 is 11.5 Å². The van der Waals surface area contributed by atoms with Gasteiger partial charge in [-0.15, -0.1) is 0 Å². The van der Waals surface area contributed by atoms with Crippen molar-refractivity contribution in [2.45, 2.75) is 6.54 Å². The molecule has 0 fully saturated rings. The number of nitrogens with zero attached hydrogens (tertiary/aromatic N) is 2. The minimum Gasteiger partial charge on any atom is -0.493 e. The molecule has 0 unspecified atom stereocenters. The largest absolute Gasteiger partial charge is 0.493 e. The second kappa shape index (κ2) is 8.98. The maximum Gasteiger partial charge on any atom is 0.267 e. The Labute approximate surface area is 176 Å². The Bertz CT molecular complexity index is 1120. The fourth-order valence-electron chi connectivity index (χ4n) is 2.62. The lowest BCUT2D eigenvalue weighted by Crippen LogP contribution is -2.29. The Balaban J connectivity index is 1.83. The maximum atomic E-state index is 12.3. The molecule has 1 aromatic heterocycles. The smallest absolute Gasteiger partial charge is 0.267 e. The molecule has 9 heteroatoms. The molecule has 0 atom stereocenters. The number of hydrogen-bond donors (Lipinski definition) is 1. The van der Waals surface area contributed by atoms with E-state index in [0.29, 0.717) is 38.5 Å². The van der Waals surface area contributed by atoms with Gasteiger partial charge >= 0.3 is 0 Å². The summed E-state index contributed by atoms with van der Waals surface area (Å²) in [6.07, 6.45) is 0. The second-order valence-electron chi connectivity index (χ2n) is 5.96. The number of benzene rings is 2. The van der Waals surface area contributed by atoms with Crippen LogP contribution in [0.4, 0.5) is 5.69 Å². The number of hydrogen-bond acceptors (Lipinski definition) is 5. The molecule has 3 rings (SSSR count). The van der Waals surface area contributed by atoms with Crippen molar-refractivity contribution in [2.24, 2.45) is 0 Å². The van der Waals surface area contributed by atoms with Gasteiger partial charge in [0.05, 0.1) is 30.0 Å². The van der Waals surface area contributed by atoms with Crippen LogP contribution in [-0.2, 0) is 11.3 Å². The van der Waals surface area contributed by atoms with Crippen molar-refractivity contribution in [1.82, 2.24) is 9.78 Å². The number of aromatic nitrogens is 2. The highest BCUT2D eigenvalue weighted by atomic mass is 35.5. The molecule has 0 radical (unpaired) electrons. The van der Waals surface area contributed by atoms with Crippen LogP contribution in [0.1, 0.15) is 0 Å². The topological polar surface area (TPSA) is 82.5 Å². The van der Waals surface area contributed by atoms with Crippen LogP contribution in [0.2, 0.25) is 10.0 Å². The Morgan fingerprint density at radius 2 is 1.76 bits per heavy atom. The monoisotopic (exact) mass is 433 g/mol. The Hall–Kier alpha value is -3.03. The summed E-state index contributed by atoms with van der Waals surface area (Å²) in [4.78, 5) is 24.5. The van der Waals surface area contributed by atoms with Gasteiger partial charge in [-0.1, -0.05) is 23.2 Å². The molecule has 1 heterocycles. The minimum atomic E-state index is -0.428. The molecule has 0 aliphatic heterocycles. The van der Waals surface area contributed by atoms with Crippen LogP contribution in [0.25, 0.3) is 11.3 Å². The fraction of sp³-hybridized carbons (Fsp3) is 0.150. The SMILES string of the molecule is COc1ccc(-c2ccc(=O)n(CC(=O)Nc3ccc(Cl)c(Cl)c3)n2)cc1OC. The van der Waals surface area contributed by atoms with Crippen molar-refractivity contribution < 1.29 is 14.3 Å². The molecule has 0 saturated heterocycles. The summed E-state index contributed by atoms with van der Waals surface area (Å²) in [5.41, 5.74) is 1.28. The third-order valence-electron chi connectivity index (χ3n) is 4.04. The van der Waals surface area contributed by atoms with Crippen LogP contribution in [0, 0.1) is 0 Å². The van der Waals surface area contributed by atoms with Crippen LogP contribution in [0.5, 0.6) is 11.5 Å². The molecule has 0 aliphatic rings. The van der Waals surface area contributed by atoms with E-state index in [1.54, 1.807) is 43.5 Å². The normalized spacial score (nSPS) is 10.5. The lowest BCUT2D eigenvalue weighted by Gasteiger charge is -2.11. The molecule has 0 bridgehead atoms. The number of carbonyl (C=O) groups excluding carboxylic acids is 1. The van der Waals surface area contributed by atoms with Gasteiger partial charge in [0, 0.05) is 17.3 Å². The quantitative estimate of drug-likeness (QED) is 0.637. The molecular weight excluding hydrogens is 417 g/mol. The van der Waals surface area contributed by atoms with E-state index in [4.69, 9.17) is 32.7 Å². The van der Waals surface area contributed by atoms with Gasteiger partial charge < -0.3 is 14.8 Å². The first-order chi connectivity index (χ1) is 13.9. The molecule has 0 aliphatic carbocycles. The summed E-state index contributed by atoms with van der Waals surface area (Å²) in [5, 5.41) is 7.64. The van der Waals surface area contributed by atoms with Crippen molar-refractivity contribution in [3.63, 3.8) is 0 Å². The molecule has 3 aromatic rings. The highest BCUT2D eigenvalue weighted by molar-refractivity contribution is 6.42. The van der Waals surface area contributed by atoms with Crippen molar-refractivity contribution in [2.75, 3.05) is 19.5 Å². The summed E-state index contributed by atoms with van der Waals surface area (Å²) < 4.78 is 11.6. The molecule has 150 valence electrons. The predicted molar refractivity (Wildman–Crippen MR) is 112 cm³/mol. The second-order valence-corrected chi connectivity index (χ2v) is 6.78. The van der Waals surface area contributed by atoms with E-state index >= 15 is 0 Å². The number of carbonyl (C=O) groups is 1. The fourth-order valence-corrected chi connectivity index (χ4v) is 2.92. The van der Waals surface area contributed by atoms with E-state index in [1.807, 2.05) is 0 Å². The van der Waals surface area contributed by atoms with Crippen LogP contribution in [0.15, 0.2) is 53.3 Å². The van der Waals surface area contributed by atoms with E-state index in [2.05, 4.69) is 10.4 Å². The molecule has 29 heavy (non-hydrogen) atoms. The van der Waals surface area contributed by atoms with Gasteiger partial charge in [0.2, 0.25) is 5.91 Å². The number of nitrogens with one attached hydrogen (secondary N) is 1. The third kappa shape index (κ3) is 4.88. The Morgan fingerprint density at radius 1 is 1.00 bits per heavy atom. The Morgan fingerprint density at radius 3 is 2.45 bits per heavy atom. The highest BCUT2D eigenvalue weighted by Crippen LogP contribution is 2.31. The average Bonchev–Trinajstić information content (AvgIpc) is 2.71. The van der Waals surface area contributed by atoms with Crippen molar-refractivity contribution in [3.05, 3.63) is 68.9 Å². The predicted octanol–water partition coefficient (Wildman–Crippen LogP) is 3.87.